The van der Waals surface area contributed by atoms with Gasteiger partial charge < -0.3 is 15.2 Å². The van der Waals surface area contributed by atoms with Gasteiger partial charge in [-0.15, -0.1) is 0 Å². The van der Waals surface area contributed by atoms with E-state index >= 15 is 0 Å². The molecular formula is C21H19ClN4O5S. The second kappa shape index (κ2) is 10.2. The first-order chi connectivity index (χ1) is 15.3. The Morgan fingerprint density at radius 2 is 1.91 bits per heavy atom. The van der Waals surface area contributed by atoms with Gasteiger partial charge in [0.2, 0.25) is 5.91 Å². The molecule has 0 saturated heterocycles. The summed E-state index contributed by atoms with van der Waals surface area (Å²) >= 11 is 7.08. The average molecular weight is 475 g/mol. The maximum atomic E-state index is 13.2. The van der Waals surface area contributed by atoms with Gasteiger partial charge in [-0.2, -0.15) is 0 Å². The van der Waals surface area contributed by atoms with Crippen molar-refractivity contribution >= 4 is 58.1 Å². The van der Waals surface area contributed by atoms with Gasteiger partial charge >= 0.3 is 6.03 Å². The lowest BCUT2D eigenvalue weighted by atomic mass is 10.2. The summed E-state index contributed by atoms with van der Waals surface area (Å²) in [6.45, 7) is 0. The molecule has 1 aliphatic rings. The number of nitrogens with zero attached hydrogens (tertiary/aromatic N) is 2. The number of hydrogen-bond donors (Lipinski definition) is 2. The van der Waals surface area contributed by atoms with E-state index in [1.807, 2.05) is 5.32 Å². The average Bonchev–Trinajstić information content (AvgIpc) is 3.08. The number of carbonyl (C=O) groups excluding carboxylic acids is 3. The molecule has 0 atom stereocenters. The molecule has 0 unspecified atom stereocenters. The van der Waals surface area contributed by atoms with E-state index in [1.54, 1.807) is 55.7 Å². The van der Waals surface area contributed by atoms with Crippen molar-refractivity contribution in [1.82, 2.24) is 5.32 Å². The maximum absolute atomic E-state index is 13.2. The van der Waals surface area contributed by atoms with Gasteiger partial charge in [-0.3, -0.25) is 19.8 Å². The number of imide groups is 1. The fourth-order valence-electron chi connectivity index (χ4n) is 2.77. The third-order valence-corrected chi connectivity index (χ3v) is 5.49. The summed E-state index contributed by atoms with van der Waals surface area (Å²) in [5.74, 6) is -0.131. The van der Waals surface area contributed by atoms with Gasteiger partial charge in [0.1, 0.15) is 17.2 Å². The van der Waals surface area contributed by atoms with Crippen LogP contribution in [-0.4, -0.2) is 43.0 Å². The molecule has 9 nitrogen and oxygen atoms in total. The molecule has 3 N–H and O–H groups in total. The molecule has 166 valence electrons. The molecule has 0 aliphatic carbocycles. The van der Waals surface area contributed by atoms with Gasteiger partial charge in [-0.25, -0.2) is 9.79 Å². The summed E-state index contributed by atoms with van der Waals surface area (Å²) < 4.78 is 10.4. The molecule has 3 rings (SSSR count). The van der Waals surface area contributed by atoms with Crippen molar-refractivity contribution in [2.75, 3.05) is 24.9 Å². The number of ether oxygens (including phenoxy) is 2. The topological polar surface area (TPSA) is 123 Å². The van der Waals surface area contributed by atoms with Crippen LogP contribution in [0, 0.1) is 0 Å². The van der Waals surface area contributed by atoms with Crippen molar-refractivity contribution in [2.24, 2.45) is 10.7 Å². The van der Waals surface area contributed by atoms with Crippen molar-refractivity contribution < 1.29 is 23.9 Å². The van der Waals surface area contributed by atoms with Crippen molar-refractivity contribution in [3.05, 3.63) is 58.7 Å². The summed E-state index contributed by atoms with van der Waals surface area (Å²) in [6.07, 6.45) is 1.62. The Labute approximate surface area is 193 Å². The van der Waals surface area contributed by atoms with Crippen LogP contribution in [0.15, 0.2) is 53.2 Å². The van der Waals surface area contributed by atoms with Gasteiger partial charge in [-0.1, -0.05) is 35.5 Å². The number of anilines is 1. The van der Waals surface area contributed by atoms with E-state index in [0.29, 0.717) is 22.2 Å². The Balaban J connectivity index is 1.94. The van der Waals surface area contributed by atoms with Crippen LogP contribution in [0.4, 0.5) is 10.5 Å². The predicted molar refractivity (Wildman–Crippen MR) is 124 cm³/mol. The van der Waals surface area contributed by atoms with E-state index in [9.17, 15) is 14.4 Å². The first-order valence-corrected chi connectivity index (χ1v) is 10.5. The lowest BCUT2D eigenvalue weighted by Crippen LogP contribution is -2.37. The number of nitrogens with one attached hydrogen (secondary N) is 1. The minimum atomic E-state index is -0.959. The fourth-order valence-corrected chi connectivity index (χ4v) is 3.78. The van der Waals surface area contributed by atoms with Crippen LogP contribution in [0.1, 0.15) is 5.56 Å². The SMILES string of the molecule is COc1ccc(/C=C2/N=C(SCC(=O)NC(N)=O)N(c3ccc(Cl)c(OC)c3)C2=O)cc1. The Hall–Kier alpha value is -3.50. The monoisotopic (exact) mass is 474 g/mol. The molecule has 1 aliphatic heterocycles. The largest absolute Gasteiger partial charge is 0.497 e. The standard InChI is InChI=1S/C21H19ClN4O5S/c1-30-14-6-3-12(4-7-14)9-16-19(28)26(13-5-8-15(22)17(10-13)31-2)21(24-16)32-11-18(27)25-20(23)29/h3-10H,11H2,1-2H3,(H3,23,25,27,29)/b16-9+. The summed E-state index contributed by atoms with van der Waals surface area (Å²) in [5.41, 5.74) is 6.34. The van der Waals surface area contributed by atoms with Crippen LogP contribution in [-0.2, 0) is 9.59 Å². The summed E-state index contributed by atoms with van der Waals surface area (Å²) in [5, 5.41) is 2.60. The number of urea groups is 1. The Bertz CT molecular complexity index is 1120. The van der Waals surface area contributed by atoms with E-state index in [2.05, 4.69) is 4.99 Å². The lowest BCUT2D eigenvalue weighted by Gasteiger charge is -2.18. The number of hydrogen-bond acceptors (Lipinski definition) is 7. The smallest absolute Gasteiger partial charge is 0.318 e. The molecule has 11 heteroatoms. The molecule has 0 saturated carbocycles. The number of nitrogens with two attached hydrogens (primary N) is 1. The van der Waals surface area contributed by atoms with Crippen LogP contribution in [0.2, 0.25) is 5.02 Å². The molecule has 1 heterocycles. The van der Waals surface area contributed by atoms with Crippen molar-refractivity contribution in [1.29, 1.82) is 0 Å². The maximum Gasteiger partial charge on any atom is 0.318 e. The van der Waals surface area contributed by atoms with Crippen LogP contribution in [0.25, 0.3) is 6.08 Å². The zero-order valence-corrected chi connectivity index (χ0v) is 18.7. The normalized spacial score (nSPS) is 14.3. The molecule has 4 amide bonds. The number of primary amides is 1. The van der Waals surface area contributed by atoms with Gasteiger partial charge in [0, 0.05) is 6.07 Å². The van der Waals surface area contributed by atoms with Gasteiger partial charge in [0.05, 0.1) is 30.7 Å². The Morgan fingerprint density at radius 3 is 2.53 bits per heavy atom. The molecule has 0 fully saturated rings. The number of thioether (sulfide) groups is 1. The molecule has 0 bridgehead atoms. The number of carbonyl (C=O) groups is 3. The Morgan fingerprint density at radius 1 is 1.19 bits per heavy atom. The van der Waals surface area contributed by atoms with Crippen molar-refractivity contribution in [3.63, 3.8) is 0 Å². The van der Waals surface area contributed by atoms with E-state index in [1.165, 1.54) is 12.0 Å². The first kappa shape index (κ1) is 23.2. The van der Waals surface area contributed by atoms with Crippen LogP contribution < -0.4 is 25.4 Å². The highest BCUT2D eigenvalue weighted by Crippen LogP contribution is 2.34. The number of amidine groups is 1. The van der Waals surface area contributed by atoms with Crippen LogP contribution >= 0.6 is 23.4 Å². The van der Waals surface area contributed by atoms with E-state index in [0.717, 1.165) is 17.3 Å². The van der Waals surface area contributed by atoms with Crippen LogP contribution in [0.3, 0.4) is 0 Å². The highest BCUT2D eigenvalue weighted by Gasteiger charge is 2.33. The van der Waals surface area contributed by atoms with E-state index in [4.69, 9.17) is 26.8 Å². The molecule has 2 aromatic carbocycles. The van der Waals surface area contributed by atoms with Crippen molar-refractivity contribution in [2.45, 2.75) is 0 Å². The minimum Gasteiger partial charge on any atom is -0.497 e. The molecule has 0 aromatic heterocycles. The lowest BCUT2D eigenvalue weighted by molar-refractivity contribution is -0.117. The zero-order valence-electron chi connectivity index (χ0n) is 17.1. The highest BCUT2D eigenvalue weighted by atomic mass is 35.5. The van der Waals surface area contributed by atoms with E-state index in [-0.39, 0.29) is 16.6 Å². The third kappa shape index (κ3) is 5.40. The zero-order chi connectivity index (χ0) is 23.3. The fraction of sp³-hybridized carbons (Fsp3) is 0.143. The molecular weight excluding hydrogens is 456 g/mol. The quantitative estimate of drug-likeness (QED) is 0.620. The molecule has 32 heavy (non-hydrogen) atoms. The van der Waals surface area contributed by atoms with Gasteiger partial charge in [-0.05, 0) is 35.9 Å². The number of amides is 4. The highest BCUT2D eigenvalue weighted by molar-refractivity contribution is 8.14. The number of halogens is 1. The minimum absolute atomic E-state index is 0.168. The summed E-state index contributed by atoms with van der Waals surface area (Å²) in [7, 11) is 3.03. The number of benzene rings is 2. The summed E-state index contributed by atoms with van der Waals surface area (Å²) in [4.78, 5) is 41.7. The second-order valence-electron chi connectivity index (χ2n) is 6.36. The summed E-state index contributed by atoms with van der Waals surface area (Å²) in [6, 6.07) is 11.0. The Kier molecular flexibility index (Phi) is 7.39. The molecule has 0 spiro atoms. The molecule has 2 aromatic rings. The third-order valence-electron chi connectivity index (χ3n) is 4.24. The number of methoxy groups -OCH3 is 2. The van der Waals surface area contributed by atoms with E-state index < -0.39 is 17.8 Å². The number of rotatable bonds is 6. The van der Waals surface area contributed by atoms with Crippen molar-refractivity contribution in [3.8, 4) is 11.5 Å². The number of aliphatic imine (C=N–C) groups is 1. The second-order valence-corrected chi connectivity index (χ2v) is 7.71. The van der Waals surface area contributed by atoms with Gasteiger partial charge in [0.15, 0.2) is 5.17 Å². The molecule has 0 radical (unpaired) electrons. The first-order valence-electron chi connectivity index (χ1n) is 9.17. The van der Waals surface area contributed by atoms with Crippen LogP contribution in [0.5, 0.6) is 11.5 Å². The van der Waals surface area contributed by atoms with Gasteiger partial charge in [0.25, 0.3) is 5.91 Å². The predicted octanol–water partition coefficient (Wildman–Crippen LogP) is 3.03.